The van der Waals surface area contributed by atoms with Crippen molar-refractivity contribution in [3.8, 4) is 0 Å². The highest BCUT2D eigenvalue weighted by molar-refractivity contribution is 6.31. The van der Waals surface area contributed by atoms with Crippen LogP contribution in [0.2, 0.25) is 5.02 Å². The van der Waals surface area contributed by atoms with E-state index >= 15 is 0 Å². The predicted molar refractivity (Wildman–Crippen MR) is 86.9 cm³/mol. The SMILES string of the molecule is CCOC(=O)Cc1cc(Cl)cc2c1N(c1ccccn1)C(=O)C2. The zero-order valence-corrected chi connectivity index (χ0v) is 13.3. The van der Waals surface area contributed by atoms with Crippen LogP contribution in [-0.4, -0.2) is 23.5 Å². The fourth-order valence-electron chi connectivity index (χ4n) is 2.74. The van der Waals surface area contributed by atoms with Gasteiger partial charge in [-0.15, -0.1) is 0 Å². The maximum absolute atomic E-state index is 12.4. The van der Waals surface area contributed by atoms with Crippen molar-refractivity contribution in [3.63, 3.8) is 0 Å². The Balaban J connectivity index is 2.07. The minimum Gasteiger partial charge on any atom is -0.466 e. The number of nitrogens with zero attached hydrogens (tertiary/aromatic N) is 2. The number of aromatic nitrogens is 1. The monoisotopic (exact) mass is 330 g/mol. The molecule has 0 atom stereocenters. The minimum absolute atomic E-state index is 0.0628. The molecule has 0 saturated heterocycles. The van der Waals surface area contributed by atoms with Crippen LogP contribution in [0.5, 0.6) is 0 Å². The van der Waals surface area contributed by atoms with E-state index in [0.29, 0.717) is 28.7 Å². The molecule has 2 aromatic rings. The molecule has 2 heterocycles. The normalized spacial score (nSPS) is 13.1. The van der Waals surface area contributed by atoms with Crippen molar-refractivity contribution in [3.05, 3.63) is 52.7 Å². The Morgan fingerprint density at radius 1 is 1.39 bits per heavy atom. The summed E-state index contributed by atoms with van der Waals surface area (Å²) in [5.74, 6) is 0.0899. The van der Waals surface area contributed by atoms with Gasteiger partial charge in [0.25, 0.3) is 0 Å². The maximum atomic E-state index is 12.4. The molecule has 6 heteroatoms. The van der Waals surface area contributed by atoms with Crippen molar-refractivity contribution in [2.24, 2.45) is 0 Å². The van der Waals surface area contributed by atoms with Crippen LogP contribution >= 0.6 is 11.6 Å². The Hall–Kier alpha value is -2.40. The molecule has 1 aromatic heterocycles. The fourth-order valence-corrected chi connectivity index (χ4v) is 3.00. The third kappa shape index (κ3) is 3.05. The second-order valence-electron chi connectivity index (χ2n) is 5.15. The van der Waals surface area contributed by atoms with E-state index < -0.39 is 0 Å². The van der Waals surface area contributed by atoms with Gasteiger partial charge in [0.15, 0.2) is 0 Å². The van der Waals surface area contributed by atoms with Gasteiger partial charge in [-0.2, -0.15) is 0 Å². The molecule has 1 aliphatic heterocycles. The number of ether oxygens (including phenoxy) is 1. The summed E-state index contributed by atoms with van der Waals surface area (Å²) in [5.41, 5.74) is 2.15. The average molecular weight is 331 g/mol. The Morgan fingerprint density at radius 3 is 2.91 bits per heavy atom. The lowest BCUT2D eigenvalue weighted by Crippen LogP contribution is -2.23. The van der Waals surface area contributed by atoms with E-state index in [0.717, 1.165) is 5.56 Å². The number of hydrogen-bond acceptors (Lipinski definition) is 4. The summed E-state index contributed by atoms with van der Waals surface area (Å²) in [5, 5.41) is 0.499. The summed E-state index contributed by atoms with van der Waals surface area (Å²) in [6.07, 6.45) is 1.93. The van der Waals surface area contributed by atoms with Crippen molar-refractivity contribution < 1.29 is 14.3 Å². The molecule has 0 N–H and O–H groups in total. The predicted octanol–water partition coefficient (Wildman–Crippen LogP) is 3.06. The van der Waals surface area contributed by atoms with Crippen LogP contribution in [0.4, 0.5) is 11.5 Å². The molecule has 5 nitrogen and oxygen atoms in total. The molecule has 118 valence electrons. The van der Waals surface area contributed by atoms with Gasteiger partial charge in [-0.05, 0) is 42.3 Å². The van der Waals surface area contributed by atoms with Gasteiger partial charge in [-0.25, -0.2) is 4.98 Å². The second-order valence-corrected chi connectivity index (χ2v) is 5.58. The van der Waals surface area contributed by atoms with Crippen LogP contribution < -0.4 is 4.90 Å². The number of pyridine rings is 1. The van der Waals surface area contributed by atoms with Crippen LogP contribution in [0.15, 0.2) is 36.5 Å². The first-order valence-corrected chi connectivity index (χ1v) is 7.69. The van der Waals surface area contributed by atoms with Gasteiger partial charge in [0.2, 0.25) is 5.91 Å². The number of anilines is 2. The number of esters is 1. The Kier molecular flexibility index (Phi) is 4.30. The first-order valence-electron chi connectivity index (χ1n) is 7.31. The van der Waals surface area contributed by atoms with Gasteiger partial charge < -0.3 is 4.74 Å². The summed E-state index contributed by atoms with van der Waals surface area (Å²) in [6.45, 7) is 2.06. The number of rotatable bonds is 4. The van der Waals surface area contributed by atoms with E-state index in [-0.39, 0.29) is 24.7 Å². The molecule has 0 saturated carbocycles. The van der Waals surface area contributed by atoms with Crippen molar-refractivity contribution >= 4 is 35.0 Å². The first kappa shape index (κ1) is 15.5. The quantitative estimate of drug-likeness (QED) is 0.808. The number of hydrogen-bond donors (Lipinski definition) is 0. The molecule has 1 aromatic carbocycles. The number of benzene rings is 1. The third-order valence-electron chi connectivity index (χ3n) is 3.57. The highest BCUT2D eigenvalue weighted by Gasteiger charge is 2.32. The minimum atomic E-state index is -0.350. The lowest BCUT2D eigenvalue weighted by molar-refractivity contribution is -0.142. The fraction of sp³-hybridized carbons (Fsp3) is 0.235. The standard InChI is InChI=1S/C17H15ClN2O3/c1-2-23-16(22)10-12-8-13(18)7-11-9-15(21)20(17(11)12)14-5-3-4-6-19-14/h3-8H,2,9-10H2,1H3. The smallest absolute Gasteiger partial charge is 0.310 e. The van der Waals surface area contributed by atoms with Crippen molar-refractivity contribution in [2.45, 2.75) is 19.8 Å². The lowest BCUT2D eigenvalue weighted by atomic mass is 10.0. The molecular weight excluding hydrogens is 316 g/mol. The van der Waals surface area contributed by atoms with E-state index in [1.54, 1.807) is 42.3 Å². The third-order valence-corrected chi connectivity index (χ3v) is 3.78. The Bertz CT molecular complexity index is 762. The summed E-state index contributed by atoms with van der Waals surface area (Å²) in [4.78, 5) is 30.1. The summed E-state index contributed by atoms with van der Waals surface area (Å²) in [6, 6.07) is 8.81. The van der Waals surface area contributed by atoms with Crippen LogP contribution in [0.3, 0.4) is 0 Å². The van der Waals surface area contributed by atoms with Gasteiger partial charge >= 0.3 is 5.97 Å². The van der Waals surface area contributed by atoms with E-state index in [2.05, 4.69) is 4.98 Å². The van der Waals surface area contributed by atoms with Gasteiger partial charge in [0.05, 0.1) is 25.1 Å². The van der Waals surface area contributed by atoms with Gasteiger partial charge in [0.1, 0.15) is 5.82 Å². The molecule has 0 spiro atoms. The average Bonchev–Trinajstić information content (AvgIpc) is 2.84. The van der Waals surface area contributed by atoms with E-state index in [1.165, 1.54) is 0 Å². The van der Waals surface area contributed by atoms with E-state index in [4.69, 9.17) is 16.3 Å². The van der Waals surface area contributed by atoms with Gasteiger partial charge in [-0.3, -0.25) is 14.5 Å². The van der Waals surface area contributed by atoms with Crippen LogP contribution in [0.1, 0.15) is 18.1 Å². The van der Waals surface area contributed by atoms with Crippen molar-refractivity contribution in [1.29, 1.82) is 0 Å². The number of amides is 1. The number of fused-ring (bicyclic) bond motifs is 1. The first-order chi connectivity index (χ1) is 11.1. The highest BCUT2D eigenvalue weighted by Crippen LogP contribution is 2.39. The molecular formula is C17H15ClN2O3. The van der Waals surface area contributed by atoms with Crippen LogP contribution in [0, 0.1) is 0 Å². The molecule has 0 radical (unpaired) electrons. The van der Waals surface area contributed by atoms with Gasteiger partial charge in [-0.1, -0.05) is 17.7 Å². The number of halogens is 1. The van der Waals surface area contributed by atoms with E-state index in [9.17, 15) is 9.59 Å². The molecule has 0 unspecified atom stereocenters. The van der Waals surface area contributed by atoms with Crippen LogP contribution in [-0.2, 0) is 27.2 Å². The zero-order valence-electron chi connectivity index (χ0n) is 12.6. The van der Waals surface area contributed by atoms with Crippen molar-refractivity contribution in [1.82, 2.24) is 4.98 Å². The summed E-state index contributed by atoms with van der Waals surface area (Å²) in [7, 11) is 0. The molecule has 0 bridgehead atoms. The largest absolute Gasteiger partial charge is 0.466 e. The lowest BCUT2D eigenvalue weighted by Gasteiger charge is -2.19. The Morgan fingerprint density at radius 2 is 2.22 bits per heavy atom. The molecule has 3 rings (SSSR count). The number of carbonyl (C=O) groups is 2. The molecule has 0 aliphatic carbocycles. The zero-order chi connectivity index (χ0) is 16.4. The molecule has 23 heavy (non-hydrogen) atoms. The van der Waals surface area contributed by atoms with Crippen LogP contribution in [0.25, 0.3) is 0 Å². The van der Waals surface area contributed by atoms with E-state index in [1.807, 2.05) is 6.07 Å². The Labute approximate surface area is 138 Å². The topological polar surface area (TPSA) is 59.5 Å². The van der Waals surface area contributed by atoms with Crippen molar-refractivity contribution in [2.75, 3.05) is 11.5 Å². The summed E-state index contributed by atoms with van der Waals surface area (Å²) < 4.78 is 5.01. The second kappa shape index (κ2) is 6.38. The summed E-state index contributed by atoms with van der Waals surface area (Å²) >= 11 is 6.13. The molecule has 0 fully saturated rings. The highest BCUT2D eigenvalue weighted by atomic mass is 35.5. The van der Waals surface area contributed by atoms with Gasteiger partial charge in [0, 0.05) is 11.2 Å². The molecule has 1 amide bonds. The maximum Gasteiger partial charge on any atom is 0.310 e. The molecule has 1 aliphatic rings. The number of carbonyl (C=O) groups excluding carboxylic acids is 2.